The van der Waals surface area contributed by atoms with Crippen molar-refractivity contribution < 1.29 is 18.5 Å². The highest BCUT2D eigenvalue weighted by molar-refractivity contribution is 7.92. The van der Waals surface area contributed by atoms with Crippen molar-refractivity contribution in [2.24, 2.45) is 10.3 Å². The molecule has 0 aliphatic carbocycles. The number of terminal acetylenes is 1. The summed E-state index contributed by atoms with van der Waals surface area (Å²) in [5, 5.41) is 0. The van der Waals surface area contributed by atoms with Crippen molar-refractivity contribution in [1.29, 1.82) is 0 Å². The molecule has 1 aromatic carbocycles. The van der Waals surface area contributed by atoms with Gasteiger partial charge in [0.1, 0.15) is 16.0 Å². The summed E-state index contributed by atoms with van der Waals surface area (Å²) in [6.45, 7) is 4.66. The summed E-state index contributed by atoms with van der Waals surface area (Å²) in [4.78, 5) is 23.3. The van der Waals surface area contributed by atoms with Gasteiger partial charge >= 0.3 is 6.09 Å². The van der Waals surface area contributed by atoms with Crippen LogP contribution in [0, 0.1) is 18.3 Å². The van der Waals surface area contributed by atoms with Crippen molar-refractivity contribution in [2.75, 3.05) is 5.75 Å². The van der Waals surface area contributed by atoms with Crippen LogP contribution < -0.4 is 4.72 Å². The van der Waals surface area contributed by atoms with Crippen LogP contribution in [0.2, 0.25) is 0 Å². The van der Waals surface area contributed by atoms with Crippen molar-refractivity contribution >= 4 is 21.9 Å². The molecule has 0 saturated carbocycles. The van der Waals surface area contributed by atoms with Crippen LogP contribution in [0.15, 0.2) is 34.7 Å². The Hall–Kier alpha value is -2.33. The normalized spacial score (nSPS) is 15.2. The number of benzene rings is 1. The van der Waals surface area contributed by atoms with Crippen molar-refractivity contribution in [3.05, 3.63) is 35.9 Å². The van der Waals surface area contributed by atoms with E-state index in [-0.39, 0.29) is 11.7 Å². The van der Waals surface area contributed by atoms with Gasteiger partial charge in [0.2, 0.25) is 5.91 Å². The van der Waals surface area contributed by atoms with Crippen LogP contribution in [0.5, 0.6) is 0 Å². The van der Waals surface area contributed by atoms with Gasteiger partial charge in [-0.25, -0.2) is 9.00 Å². The summed E-state index contributed by atoms with van der Waals surface area (Å²) in [6.07, 6.45) is 4.05. The maximum Gasteiger partial charge on any atom is 0.443 e. The van der Waals surface area contributed by atoms with E-state index in [9.17, 15) is 13.8 Å². The SMILES string of the molecule is C#CC[C@H](C)CS(=O)(=NC(=O)O[C@@H](C)c1ccccc1)NC(C)=O. The Bertz CT molecular complexity index is 731. The molecule has 0 saturated heterocycles. The molecule has 7 heteroatoms. The lowest BCUT2D eigenvalue weighted by atomic mass is 10.1. The number of hydrogen-bond donors (Lipinski definition) is 1. The van der Waals surface area contributed by atoms with Crippen LogP contribution in [0.25, 0.3) is 0 Å². The Balaban J connectivity index is 2.92. The lowest BCUT2D eigenvalue weighted by Crippen LogP contribution is -2.33. The topological polar surface area (TPSA) is 84.8 Å². The van der Waals surface area contributed by atoms with Gasteiger partial charge in [0.25, 0.3) is 0 Å². The molecule has 1 rings (SSSR count). The molecule has 2 amide bonds. The molecule has 0 radical (unpaired) electrons. The predicted molar refractivity (Wildman–Crippen MR) is 93.2 cm³/mol. The van der Waals surface area contributed by atoms with Gasteiger partial charge in [-0.2, -0.15) is 0 Å². The van der Waals surface area contributed by atoms with Gasteiger partial charge in [-0.3, -0.25) is 9.52 Å². The Morgan fingerprint density at radius 1 is 1.33 bits per heavy atom. The van der Waals surface area contributed by atoms with Crippen molar-refractivity contribution in [2.45, 2.75) is 33.3 Å². The number of nitrogens with one attached hydrogen (secondary N) is 1. The van der Waals surface area contributed by atoms with Gasteiger partial charge in [-0.15, -0.1) is 16.7 Å². The summed E-state index contributed by atoms with van der Waals surface area (Å²) in [6, 6.07) is 9.09. The highest BCUT2D eigenvalue weighted by Gasteiger charge is 2.19. The Labute approximate surface area is 143 Å². The zero-order chi connectivity index (χ0) is 18.2. The Kier molecular flexibility index (Phi) is 7.46. The predicted octanol–water partition coefficient (Wildman–Crippen LogP) is 3.06. The first-order chi connectivity index (χ1) is 11.3. The molecule has 0 aromatic heterocycles. The smallest absolute Gasteiger partial charge is 0.440 e. The maximum atomic E-state index is 12.7. The van der Waals surface area contributed by atoms with Crippen LogP contribution >= 0.6 is 0 Å². The fourth-order valence-electron chi connectivity index (χ4n) is 2.06. The summed E-state index contributed by atoms with van der Waals surface area (Å²) in [7, 11) is -3.28. The minimum atomic E-state index is -3.28. The molecule has 6 nitrogen and oxygen atoms in total. The zero-order valence-corrected chi connectivity index (χ0v) is 14.8. The number of hydrogen-bond acceptors (Lipinski definition) is 4. The van der Waals surface area contributed by atoms with Crippen LogP contribution in [-0.4, -0.2) is 22.0 Å². The standard InChI is InChI=1S/C17H22N2O4S/c1-5-9-13(2)12-24(22,18-15(4)20)19-17(21)23-14(3)16-10-7-6-8-11-16/h1,6-8,10-11,13-14H,9,12H2,2-4H3,(H,18,19,20,21,22)/t13-,14-,24?/m0/s1. The van der Waals surface area contributed by atoms with Crippen LogP contribution in [-0.2, 0) is 19.4 Å². The van der Waals surface area contributed by atoms with Gasteiger partial charge in [0.05, 0.1) is 5.75 Å². The van der Waals surface area contributed by atoms with Gasteiger partial charge in [0.15, 0.2) is 0 Å². The van der Waals surface area contributed by atoms with Gasteiger partial charge < -0.3 is 4.74 Å². The molecular weight excluding hydrogens is 328 g/mol. The first-order valence-corrected chi connectivity index (χ1v) is 9.16. The molecule has 130 valence electrons. The molecule has 0 fully saturated rings. The monoisotopic (exact) mass is 350 g/mol. The third-order valence-corrected chi connectivity index (χ3v) is 5.12. The molecule has 3 atom stereocenters. The Morgan fingerprint density at radius 3 is 2.50 bits per heavy atom. The number of ether oxygens (including phenoxy) is 1. The highest BCUT2D eigenvalue weighted by atomic mass is 32.2. The van der Waals surface area contributed by atoms with Crippen LogP contribution in [0.3, 0.4) is 0 Å². The van der Waals surface area contributed by atoms with Gasteiger partial charge in [0, 0.05) is 13.3 Å². The third kappa shape index (κ3) is 6.84. The number of carbonyl (C=O) groups excluding carboxylic acids is 2. The summed E-state index contributed by atoms with van der Waals surface area (Å²) in [5.74, 6) is 1.72. The molecular formula is C17H22N2O4S. The average Bonchev–Trinajstić information content (AvgIpc) is 2.46. The van der Waals surface area contributed by atoms with Crippen molar-refractivity contribution in [3.8, 4) is 12.3 Å². The number of amides is 2. The number of rotatable bonds is 6. The van der Waals surface area contributed by atoms with Gasteiger partial charge in [-0.1, -0.05) is 37.3 Å². The molecule has 1 unspecified atom stereocenters. The van der Waals surface area contributed by atoms with E-state index in [4.69, 9.17) is 11.2 Å². The number of nitrogens with zero attached hydrogens (tertiary/aromatic N) is 1. The molecule has 1 N–H and O–H groups in total. The molecule has 0 spiro atoms. The summed E-state index contributed by atoms with van der Waals surface area (Å²) >= 11 is 0. The largest absolute Gasteiger partial charge is 0.443 e. The van der Waals surface area contributed by atoms with E-state index in [1.165, 1.54) is 6.92 Å². The molecule has 0 aliphatic rings. The average molecular weight is 350 g/mol. The quantitative estimate of drug-likeness (QED) is 0.799. The molecule has 0 heterocycles. The number of carbonyl (C=O) groups is 2. The maximum absolute atomic E-state index is 12.7. The fourth-order valence-corrected chi connectivity index (χ4v) is 3.88. The highest BCUT2D eigenvalue weighted by Crippen LogP contribution is 2.17. The zero-order valence-electron chi connectivity index (χ0n) is 14.0. The second kappa shape index (κ2) is 9.08. The molecule has 1 aromatic rings. The second-order valence-electron chi connectivity index (χ2n) is 5.51. The van der Waals surface area contributed by atoms with Crippen LogP contribution in [0.1, 0.15) is 38.9 Å². The Morgan fingerprint density at radius 2 is 1.96 bits per heavy atom. The van der Waals surface area contributed by atoms with E-state index in [0.29, 0.717) is 6.42 Å². The first-order valence-electron chi connectivity index (χ1n) is 7.48. The van der Waals surface area contributed by atoms with E-state index >= 15 is 0 Å². The third-order valence-electron chi connectivity index (χ3n) is 3.05. The van der Waals surface area contributed by atoms with Gasteiger partial charge in [-0.05, 0) is 18.4 Å². The summed E-state index contributed by atoms with van der Waals surface area (Å²) < 4.78 is 23.8. The molecule has 24 heavy (non-hydrogen) atoms. The fraction of sp³-hybridized carbons (Fsp3) is 0.412. The van der Waals surface area contributed by atoms with Crippen LogP contribution in [0.4, 0.5) is 4.79 Å². The minimum Gasteiger partial charge on any atom is -0.440 e. The van der Waals surface area contributed by atoms with E-state index in [2.05, 4.69) is 15.0 Å². The molecule has 0 aliphatic heterocycles. The van der Waals surface area contributed by atoms with E-state index in [1.54, 1.807) is 26.0 Å². The lowest BCUT2D eigenvalue weighted by Gasteiger charge is -2.15. The minimum absolute atomic E-state index is 0.0222. The summed E-state index contributed by atoms with van der Waals surface area (Å²) in [5.41, 5.74) is 0.785. The van der Waals surface area contributed by atoms with E-state index in [0.717, 1.165) is 5.56 Å². The van der Waals surface area contributed by atoms with Crippen molar-refractivity contribution in [3.63, 3.8) is 0 Å². The van der Waals surface area contributed by atoms with Crippen molar-refractivity contribution in [1.82, 2.24) is 4.72 Å². The van der Waals surface area contributed by atoms with E-state index < -0.39 is 28.0 Å². The van der Waals surface area contributed by atoms with E-state index in [1.807, 2.05) is 18.2 Å². The molecule has 0 bridgehead atoms. The second-order valence-corrected chi connectivity index (χ2v) is 7.51. The first kappa shape index (κ1) is 19.7. The lowest BCUT2D eigenvalue weighted by molar-refractivity contribution is -0.117.